The lowest BCUT2D eigenvalue weighted by molar-refractivity contribution is -0.143. The number of nitrogens with zero attached hydrogens (tertiary/aromatic N) is 1. The van der Waals surface area contributed by atoms with E-state index in [-0.39, 0.29) is 11.8 Å². The second-order valence-electron chi connectivity index (χ2n) is 4.07. The summed E-state index contributed by atoms with van der Waals surface area (Å²) in [6, 6.07) is 4.78. The highest BCUT2D eigenvalue weighted by Gasteiger charge is 2.07. The molecule has 18 heavy (non-hydrogen) atoms. The van der Waals surface area contributed by atoms with Gasteiger partial charge in [0.2, 0.25) is 0 Å². The van der Waals surface area contributed by atoms with Crippen LogP contribution >= 0.6 is 15.9 Å². The van der Waals surface area contributed by atoms with Crippen molar-refractivity contribution in [2.45, 2.75) is 19.9 Å². The van der Waals surface area contributed by atoms with Crippen molar-refractivity contribution in [1.29, 1.82) is 0 Å². The number of hydrogen-bond donors (Lipinski definition) is 0. The van der Waals surface area contributed by atoms with Crippen LogP contribution in [-0.2, 0) is 16.1 Å². The topological polar surface area (TPSA) is 29.5 Å². The molecule has 100 valence electrons. The van der Waals surface area contributed by atoms with Crippen LogP contribution in [0.5, 0.6) is 0 Å². The van der Waals surface area contributed by atoms with Gasteiger partial charge >= 0.3 is 5.97 Å². The molecule has 3 nitrogen and oxygen atoms in total. The quantitative estimate of drug-likeness (QED) is 0.755. The summed E-state index contributed by atoms with van der Waals surface area (Å²) in [5.74, 6) is -0.469. The lowest BCUT2D eigenvalue weighted by Gasteiger charge is -2.16. The van der Waals surface area contributed by atoms with E-state index in [1.807, 2.05) is 18.0 Å². The van der Waals surface area contributed by atoms with Gasteiger partial charge in [-0.05, 0) is 37.7 Å². The van der Waals surface area contributed by atoms with Crippen LogP contribution in [0, 0.1) is 5.82 Å². The van der Waals surface area contributed by atoms with Crippen molar-refractivity contribution in [3.8, 4) is 0 Å². The molecule has 0 amide bonds. The molecule has 0 unspecified atom stereocenters. The van der Waals surface area contributed by atoms with Gasteiger partial charge in [-0.1, -0.05) is 15.9 Å². The van der Waals surface area contributed by atoms with Gasteiger partial charge in [-0.15, -0.1) is 0 Å². The van der Waals surface area contributed by atoms with Crippen LogP contribution < -0.4 is 0 Å². The van der Waals surface area contributed by atoms with E-state index in [4.69, 9.17) is 4.74 Å². The summed E-state index contributed by atoms with van der Waals surface area (Å²) < 4.78 is 18.7. The summed E-state index contributed by atoms with van der Waals surface area (Å²) in [5.41, 5.74) is 0.869. The molecule has 0 radical (unpaired) electrons. The first-order valence-corrected chi connectivity index (χ1v) is 6.59. The van der Waals surface area contributed by atoms with Gasteiger partial charge in [0.25, 0.3) is 0 Å². The van der Waals surface area contributed by atoms with Crippen molar-refractivity contribution in [3.63, 3.8) is 0 Å². The van der Waals surface area contributed by atoms with E-state index in [0.717, 1.165) is 10.0 Å². The van der Waals surface area contributed by atoms with Gasteiger partial charge in [0.15, 0.2) is 0 Å². The van der Waals surface area contributed by atoms with E-state index in [1.54, 1.807) is 6.92 Å². The first kappa shape index (κ1) is 15.1. The first-order chi connectivity index (χ1) is 8.51. The summed E-state index contributed by atoms with van der Waals surface area (Å²) in [5, 5.41) is 0. The van der Waals surface area contributed by atoms with Crippen LogP contribution in [0.1, 0.15) is 18.9 Å². The minimum Gasteiger partial charge on any atom is -0.466 e. The zero-order chi connectivity index (χ0) is 13.5. The van der Waals surface area contributed by atoms with E-state index in [0.29, 0.717) is 26.1 Å². The summed E-state index contributed by atoms with van der Waals surface area (Å²) in [7, 11) is 1.89. The van der Waals surface area contributed by atoms with Gasteiger partial charge in [-0.2, -0.15) is 0 Å². The molecular formula is C13H17BrFNO2. The smallest absolute Gasteiger partial charge is 0.307 e. The van der Waals surface area contributed by atoms with Crippen LogP contribution in [0.3, 0.4) is 0 Å². The predicted octanol–water partition coefficient (Wildman–Crippen LogP) is 2.97. The molecule has 0 aliphatic rings. The van der Waals surface area contributed by atoms with Crippen molar-refractivity contribution in [1.82, 2.24) is 4.90 Å². The average Bonchev–Trinajstić information content (AvgIpc) is 2.25. The number of carbonyl (C=O) groups excluding carboxylic acids is 1. The van der Waals surface area contributed by atoms with Crippen LogP contribution in [0.2, 0.25) is 0 Å². The largest absolute Gasteiger partial charge is 0.466 e. The minimum atomic E-state index is -0.266. The van der Waals surface area contributed by atoms with Gasteiger partial charge in [-0.3, -0.25) is 4.79 Å². The Morgan fingerprint density at radius 1 is 1.44 bits per heavy atom. The highest BCUT2D eigenvalue weighted by Crippen LogP contribution is 2.16. The normalized spacial score (nSPS) is 10.7. The van der Waals surface area contributed by atoms with Crippen LogP contribution in [-0.4, -0.2) is 31.1 Å². The third-order valence-corrected chi connectivity index (χ3v) is 2.84. The molecular weight excluding hydrogens is 301 g/mol. The summed E-state index contributed by atoms with van der Waals surface area (Å²) in [6.07, 6.45) is 0.348. The molecule has 0 heterocycles. The monoisotopic (exact) mass is 317 g/mol. The number of ether oxygens (including phenoxy) is 1. The number of halogens is 2. The molecule has 0 saturated heterocycles. The second-order valence-corrected chi connectivity index (χ2v) is 4.99. The molecule has 0 aliphatic carbocycles. The van der Waals surface area contributed by atoms with Gasteiger partial charge < -0.3 is 9.64 Å². The maximum atomic E-state index is 13.2. The SMILES string of the molecule is CCOC(=O)CCN(C)Cc1cc(F)cc(Br)c1. The number of hydrogen-bond acceptors (Lipinski definition) is 3. The molecule has 0 atom stereocenters. The molecule has 1 aromatic carbocycles. The number of benzene rings is 1. The Hall–Kier alpha value is -0.940. The summed E-state index contributed by atoms with van der Waals surface area (Å²) in [4.78, 5) is 13.1. The standard InChI is InChI=1S/C13H17BrFNO2/c1-3-18-13(17)4-5-16(2)9-10-6-11(14)8-12(15)7-10/h6-8H,3-5,9H2,1-2H3. The molecule has 0 fully saturated rings. The summed E-state index contributed by atoms with van der Waals surface area (Å²) >= 11 is 3.25. The molecule has 1 aromatic rings. The van der Waals surface area contributed by atoms with Crippen molar-refractivity contribution in [2.24, 2.45) is 0 Å². The van der Waals surface area contributed by atoms with E-state index < -0.39 is 0 Å². The summed E-state index contributed by atoms with van der Waals surface area (Å²) in [6.45, 7) is 3.37. The fourth-order valence-corrected chi connectivity index (χ4v) is 2.12. The number of rotatable bonds is 6. The first-order valence-electron chi connectivity index (χ1n) is 5.80. The van der Waals surface area contributed by atoms with Gasteiger partial charge in [0.05, 0.1) is 13.0 Å². The third-order valence-electron chi connectivity index (χ3n) is 2.38. The van der Waals surface area contributed by atoms with Crippen molar-refractivity contribution in [3.05, 3.63) is 34.1 Å². The molecule has 0 saturated carbocycles. The molecule has 0 spiro atoms. The van der Waals surface area contributed by atoms with E-state index in [2.05, 4.69) is 15.9 Å². The Labute approximate surface area is 115 Å². The molecule has 0 N–H and O–H groups in total. The Balaban J connectivity index is 2.44. The fourth-order valence-electron chi connectivity index (χ4n) is 1.61. The Morgan fingerprint density at radius 3 is 2.78 bits per heavy atom. The highest BCUT2D eigenvalue weighted by molar-refractivity contribution is 9.10. The molecule has 1 rings (SSSR count). The molecule has 0 bridgehead atoms. The van der Waals surface area contributed by atoms with Crippen molar-refractivity contribution >= 4 is 21.9 Å². The lowest BCUT2D eigenvalue weighted by Crippen LogP contribution is -2.22. The van der Waals surface area contributed by atoms with E-state index >= 15 is 0 Å². The highest BCUT2D eigenvalue weighted by atomic mass is 79.9. The maximum absolute atomic E-state index is 13.2. The average molecular weight is 318 g/mol. The Morgan fingerprint density at radius 2 is 2.17 bits per heavy atom. The Bertz CT molecular complexity index is 392. The lowest BCUT2D eigenvalue weighted by atomic mass is 10.2. The van der Waals surface area contributed by atoms with Gasteiger partial charge in [0, 0.05) is 17.6 Å². The third kappa shape index (κ3) is 5.60. The van der Waals surface area contributed by atoms with Crippen molar-refractivity contribution < 1.29 is 13.9 Å². The van der Waals surface area contributed by atoms with E-state index in [9.17, 15) is 9.18 Å². The van der Waals surface area contributed by atoms with Gasteiger partial charge in [0.1, 0.15) is 5.82 Å². The number of esters is 1. The second kappa shape index (κ2) is 7.48. The molecule has 0 aromatic heterocycles. The molecule has 0 aliphatic heterocycles. The maximum Gasteiger partial charge on any atom is 0.307 e. The zero-order valence-electron chi connectivity index (χ0n) is 10.6. The number of carbonyl (C=O) groups is 1. The minimum absolute atomic E-state index is 0.204. The zero-order valence-corrected chi connectivity index (χ0v) is 12.2. The van der Waals surface area contributed by atoms with Crippen LogP contribution in [0.4, 0.5) is 4.39 Å². The van der Waals surface area contributed by atoms with Crippen molar-refractivity contribution in [2.75, 3.05) is 20.2 Å². The predicted molar refractivity (Wildman–Crippen MR) is 71.7 cm³/mol. The van der Waals surface area contributed by atoms with E-state index in [1.165, 1.54) is 12.1 Å². The van der Waals surface area contributed by atoms with Crippen LogP contribution in [0.25, 0.3) is 0 Å². The van der Waals surface area contributed by atoms with Gasteiger partial charge in [-0.25, -0.2) is 4.39 Å². The molecule has 5 heteroatoms. The van der Waals surface area contributed by atoms with Crippen LogP contribution in [0.15, 0.2) is 22.7 Å². The Kier molecular flexibility index (Phi) is 6.29. The fraction of sp³-hybridized carbons (Fsp3) is 0.462.